The summed E-state index contributed by atoms with van der Waals surface area (Å²) in [6.45, 7) is 3.86. The van der Waals surface area contributed by atoms with Gasteiger partial charge in [-0.05, 0) is 35.1 Å². The predicted molar refractivity (Wildman–Crippen MR) is 101 cm³/mol. The van der Waals surface area contributed by atoms with Gasteiger partial charge in [0.25, 0.3) is 5.91 Å². The highest BCUT2D eigenvalue weighted by Crippen LogP contribution is 2.30. The lowest BCUT2D eigenvalue weighted by Crippen LogP contribution is -2.40. The Kier molecular flexibility index (Phi) is 7.25. The number of amides is 1. The first kappa shape index (κ1) is 20.5. The molecule has 1 amide bonds. The third-order valence-electron chi connectivity index (χ3n) is 3.51. The number of hydrogen-bond donors (Lipinski definition) is 1. The Bertz CT molecular complexity index is 778. The van der Waals surface area contributed by atoms with Crippen LogP contribution in [-0.4, -0.2) is 29.5 Å². The average Bonchev–Trinajstić information content (AvgIpc) is 2.96. The summed E-state index contributed by atoms with van der Waals surface area (Å²) in [5, 5.41) is 2.79. The molecule has 1 heterocycles. The van der Waals surface area contributed by atoms with Gasteiger partial charge in [0.05, 0.1) is 7.11 Å². The van der Waals surface area contributed by atoms with E-state index < -0.39 is 18.0 Å². The van der Waals surface area contributed by atoms with Crippen molar-refractivity contribution in [1.82, 2.24) is 9.69 Å². The summed E-state index contributed by atoms with van der Waals surface area (Å²) in [6.07, 6.45) is -0.975. The van der Waals surface area contributed by atoms with Crippen LogP contribution in [0.15, 0.2) is 24.3 Å². The Balaban J connectivity index is 2.00. The highest BCUT2D eigenvalue weighted by Gasteiger charge is 2.29. The number of halogens is 2. The summed E-state index contributed by atoms with van der Waals surface area (Å²) in [4.78, 5) is 24.7. The van der Waals surface area contributed by atoms with Gasteiger partial charge in [0.15, 0.2) is 11.8 Å². The molecule has 1 atom stereocenters. The van der Waals surface area contributed by atoms with Crippen LogP contribution >= 0.6 is 34.7 Å². The summed E-state index contributed by atoms with van der Waals surface area (Å²) >= 11 is 12.6. The van der Waals surface area contributed by atoms with Crippen molar-refractivity contribution in [1.29, 1.82) is 0 Å². The molecule has 140 valence electrons. The van der Waals surface area contributed by atoms with Crippen LogP contribution in [0.25, 0.3) is 0 Å². The van der Waals surface area contributed by atoms with Crippen molar-refractivity contribution >= 4 is 46.6 Å². The molecule has 2 rings (SSSR count). The second kappa shape index (κ2) is 9.21. The highest BCUT2D eigenvalue weighted by molar-refractivity contribution is 7.11. The minimum absolute atomic E-state index is 0.0304. The minimum atomic E-state index is -0.975. The largest absolute Gasteiger partial charge is 0.497 e. The van der Waals surface area contributed by atoms with Crippen LogP contribution in [0.4, 0.5) is 0 Å². The fraction of sp³-hybridized carbons (Fsp3) is 0.353. The standard InChI is InChI=1S/C17H18Cl2N2O4S/c1-9(2)14(25-17(23)13-12(18)15(19)26-21-13)16(22)20-8-10-4-6-11(24-3)7-5-10/h4-7,9,14H,8H2,1-3H3,(H,20,22)/t14-/m0/s1. The Hall–Kier alpha value is -1.83. The molecule has 0 radical (unpaired) electrons. The van der Waals surface area contributed by atoms with Crippen molar-refractivity contribution in [2.45, 2.75) is 26.5 Å². The summed E-state index contributed by atoms with van der Waals surface area (Å²) < 4.78 is 14.5. The van der Waals surface area contributed by atoms with Gasteiger partial charge >= 0.3 is 5.97 Å². The molecule has 1 aromatic heterocycles. The number of carbonyl (C=O) groups excluding carboxylic acids is 2. The monoisotopic (exact) mass is 416 g/mol. The van der Waals surface area contributed by atoms with Gasteiger partial charge in [-0.15, -0.1) is 0 Å². The zero-order chi connectivity index (χ0) is 19.3. The molecule has 0 aliphatic rings. The van der Waals surface area contributed by atoms with E-state index >= 15 is 0 Å². The molecule has 0 spiro atoms. The second-order valence-corrected chi connectivity index (χ2v) is 7.51. The highest BCUT2D eigenvalue weighted by atomic mass is 35.5. The first-order valence-corrected chi connectivity index (χ1v) is 9.28. The maximum absolute atomic E-state index is 12.4. The first-order valence-electron chi connectivity index (χ1n) is 7.75. The van der Waals surface area contributed by atoms with Gasteiger partial charge in [0.1, 0.15) is 15.1 Å². The first-order chi connectivity index (χ1) is 12.3. The number of carbonyl (C=O) groups is 2. The van der Waals surface area contributed by atoms with E-state index in [1.54, 1.807) is 33.1 Å². The summed E-state index contributed by atoms with van der Waals surface area (Å²) in [5.41, 5.74) is 0.803. The predicted octanol–water partition coefficient (Wildman–Crippen LogP) is 3.96. The van der Waals surface area contributed by atoms with E-state index in [1.807, 2.05) is 12.1 Å². The molecule has 9 heteroatoms. The molecule has 0 fully saturated rings. The number of hydrogen-bond acceptors (Lipinski definition) is 6. The van der Waals surface area contributed by atoms with Crippen LogP contribution in [0, 0.1) is 5.92 Å². The Labute approximate surface area is 165 Å². The number of rotatable bonds is 7. The lowest BCUT2D eigenvalue weighted by molar-refractivity contribution is -0.132. The van der Waals surface area contributed by atoms with Crippen LogP contribution in [0.3, 0.4) is 0 Å². The van der Waals surface area contributed by atoms with E-state index in [4.69, 9.17) is 32.7 Å². The Morgan fingerprint density at radius 3 is 2.38 bits per heavy atom. The van der Waals surface area contributed by atoms with Crippen LogP contribution in [-0.2, 0) is 16.1 Å². The number of aromatic nitrogens is 1. The van der Waals surface area contributed by atoms with Gasteiger partial charge in [-0.3, -0.25) is 4.79 Å². The third kappa shape index (κ3) is 5.09. The summed E-state index contributed by atoms with van der Waals surface area (Å²) in [5.74, 6) is -0.686. The fourth-order valence-electron chi connectivity index (χ4n) is 2.08. The number of esters is 1. The third-order valence-corrected chi connectivity index (χ3v) is 5.13. The van der Waals surface area contributed by atoms with Gasteiger partial charge in [-0.1, -0.05) is 49.2 Å². The van der Waals surface area contributed by atoms with Crippen molar-refractivity contribution < 1.29 is 19.1 Å². The van der Waals surface area contributed by atoms with Crippen molar-refractivity contribution in [3.8, 4) is 5.75 Å². The van der Waals surface area contributed by atoms with E-state index in [-0.39, 0.29) is 21.0 Å². The van der Waals surface area contributed by atoms with Crippen molar-refractivity contribution in [3.05, 3.63) is 44.9 Å². The number of methoxy groups -OCH3 is 1. The van der Waals surface area contributed by atoms with Gasteiger partial charge in [0.2, 0.25) is 0 Å². The van der Waals surface area contributed by atoms with Gasteiger partial charge < -0.3 is 14.8 Å². The van der Waals surface area contributed by atoms with Gasteiger partial charge in [-0.25, -0.2) is 4.79 Å². The molecule has 0 bridgehead atoms. The molecule has 1 aromatic carbocycles. The molecule has 0 aliphatic heterocycles. The van der Waals surface area contributed by atoms with E-state index in [2.05, 4.69) is 9.69 Å². The van der Waals surface area contributed by atoms with Crippen LogP contribution in [0.1, 0.15) is 29.9 Å². The number of nitrogens with zero attached hydrogens (tertiary/aromatic N) is 1. The van der Waals surface area contributed by atoms with Gasteiger partial charge in [-0.2, -0.15) is 4.37 Å². The topological polar surface area (TPSA) is 77.5 Å². The Morgan fingerprint density at radius 2 is 1.88 bits per heavy atom. The number of ether oxygens (including phenoxy) is 2. The molecule has 2 aromatic rings. The smallest absolute Gasteiger partial charge is 0.360 e. The summed E-state index contributed by atoms with van der Waals surface area (Å²) in [6, 6.07) is 7.28. The van der Waals surface area contributed by atoms with Crippen molar-refractivity contribution in [3.63, 3.8) is 0 Å². The zero-order valence-corrected chi connectivity index (χ0v) is 16.7. The quantitative estimate of drug-likeness (QED) is 0.691. The molecular formula is C17H18Cl2N2O4S. The van der Waals surface area contributed by atoms with E-state index in [0.717, 1.165) is 22.8 Å². The lowest BCUT2D eigenvalue weighted by atomic mass is 10.1. The van der Waals surface area contributed by atoms with Crippen LogP contribution < -0.4 is 10.1 Å². The van der Waals surface area contributed by atoms with Gasteiger partial charge in [0, 0.05) is 6.54 Å². The number of benzene rings is 1. The summed E-state index contributed by atoms with van der Waals surface area (Å²) in [7, 11) is 1.58. The molecule has 0 saturated carbocycles. The Morgan fingerprint density at radius 1 is 1.23 bits per heavy atom. The average molecular weight is 417 g/mol. The zero-order valence-electron chi connectivity index (χ0n) is 14.4. The minimum Gasteiger partial charge on any atom is -0.497 e. The lowest BCUT2D eigenvalue weighted by Gasteiger charge is -2.20. The molecule has 0 unspecified atom stereocenters. The van der Waals surface area contributed by atoms with Crippen LogP contribution in [0.2, 0.25) is 9.36 Å². The molecule has 0 aliphatic carbocycles. The molecule has 26 heavy (non-hydrogen) atoms. The second-order valence-electron chi connectivity index (χ2n) is 5.75. The molecular weight excluding hydrogens is 399 g/mol. The molecule has 0 saturated heterocycles. The van der Waals surface area contributed by atoms with E-state index in [9.17, 15) is 9.59 Å². The maximum Gasteiger partial charge on any atom is 0.360 e. The SMILES string of the molecule is COc1ccc(CNC(=O)[C@@H](OC(=O)c2nsc(Cl)c2Cl)C(C)C)cc1. The van der Waals surface area contributed by atoms with Crippen molar-refractivity contribution in [2.75, 3.05) is 7.11 Å². The molecule has 1 N–H and O–H groups in total. The van der Waals surface area contributed by atoms with E-state index in [1.165, 1.54) is 0 Å². The normalized spacial score (nSPS) is 11.9. The fourth-order valence-corrected chi connectivity index (χ4v) is 3.06. The maximum atomic E-state index is 12.4. The van der Waals surface area contributed by atoms with Crippen molar-refractivity contribution in [2.24, 2.45) is 5.92 Å². The number of nitrogens with one attached hydrogen (secondary N) is 1. The van der Waals surface area contributed by atoms with Crippen LogP contribution in [0.5, 0.6) is 5.75 Å². The molecule has 6 nitrogen and oxygen atoms in total. The van der Waals surface area contributed by atoms with E-state index in [0.29, 0.717) is 6.54 Å².